The summed E-state index contributed by atoms with van der Waals surface area (Å²) in [6.45, 7) is 0. The highest BCUT2D eigenvalue weighted by molar-refractivity contribution is 7.90. The number of halogens is 1. The molecule has 3 rings (SSSR count). The molecule has 0 spiro atoms. The van der Waals surface area contributed by atoms with Gasteiger partial charge in [0.25, 0.3) is 5.91 Å². The number of hydrogen-bond acceptors (Lipinski definition) is 5. The number of anilines is 2. The molecule has 0 saturated carbocycles. The number of benzene rings is 2. The lowest BCUT2D eigenvalue weighted by molar-refractivity contribution is 0.102. The molecule has 1 heterocycles. The zero-order valence-corrected chi connectivity index (χ0v) is 15.3. The summed E-state index contributed by atoms with van der Waals surface area (Å²) in [5.74, 6) is -0.425. The van der Waals surface area contributed by atoms with Gasteiger partial charge in [0.1, 0.15) is 0 Å². The maximum Gasteiger partial charge on any atom is 0.255 e. The summed E-state index contributed by atoms with van der Waals surface area (Å²) in [5.41, 5.74) is 7.71. The number of hydrogen-bond donors (Lipinski definition) is 2. The maximum atomic E-state index is 13.2. The van der Waals surface area contributed by atoms with Crippen molar-refractivity contribution >= 4 is 38.5 Å². The van der Waals surface area contributed by atoms with Crippen LogP contribution >= 0.6 is 11.3 Å². The number of amides is 1. The molecule has 0 radical (unpaired) electrons. The van der Waals surface area contributed by atoms with E-state index in [1.165, 1.54) is 30.3 Å². The molecule has 26 heavy (non-hydrogen) atoms. The Bertz CT molecular complexity index is 1070. The summed E-state index contributed by atoms with van der Waals surface area (Å²) in [6, 6.07) is 13.7. The van der Waals surface area contributed by atoms with Gasteiger partial charge in [-0.3, -0.25) is 4.79 Å². The molecule has 0 unspecified atom stereocenters. The fourth-order valence-electron chi connectivity index (χ4n) is 2.34. The van der Waals surface area contributed by atoms with Gasteiger partial charge in [0.2, 0.25) is 0 Å². The normalized spacial score (nSPS) is 11.3. The van der Waals surface area contributed by atoms with Crippen LogP contribution in [0.1, 0.15) is 10.4 Å². The first-order chi connectivity index (χ1) is 12.2. The van der Waals surface area contributed by atoms with E-state index in [-0.39, 0.29) is 10.0 Å². The van der Waals surface area contributed by atoms with Gasteiger partial charge in [-0.25, -0.2) is 8.42 Å². The second-order valence-electron chi connectivity index (χ2n) is 5.66. The molecule has 0 fully saturated rings. The minimum atomic E-state index is -3.33. The molecular weight excluding hydrogens is 375 g/mol. The summed E-state index contributed by atoms with van der Waals surface area (Å²) in [7, 11) is -3.33. The molecule has 5 nitrogen and oxygen atoms in total. The number of rotatable bonds is 4. The molecule has 2 aromatic carbocycles. The van der Waals surface area contributed by atoms with Crippen LogP contribution in [0, 0.1) is 5.13 Å². The lowest BCUT2D eigenvalue weighted by Crippen LogP contribution is -2.13. The van der Waals surface area contributed by atoms with Crippen LogP contribution in [-0.2, 0) is 9.84 Å². The van der Waals surface area contributed by atoms with E-state index in [0.29, 0.717) is 16.9 Å². The molecular formula is C18H15FN2O3S2. The summed E-state index contributed by atoms with van der Waals surface area (Å²) in [5, 5.41) is 2.40. The molecule has 0 bridgehead atoms. The van der Waals surface area contributed by atoms with Gasteiger partial charge in [0.05, 0.1) is 16.3 Å². The third-order valence-electron chi connectivity index (χ3n) is 3.70. The van der Waals surface area contributed by atoms with Gasteiger partial charge in [0.15, 0.2) is 15.0 Å². The number of nitrogens with two attached hydrogens (primary N) is 1. The molecule has 1 amide bonds. The number of nitrogens with one attached hydrogen (secondary N) is 1. The standard InChI is InChI=1S/C18H15FN2O3S2/c1-26(23,24)13-5-2-11(3-6-13)18(22)21-15-10-12(4-7-14(15)20)16-8-9-17(19)25-16/h2-10H,20H2,1H3,(H,21,22). The highest BCUT2D eigenvalue weighted by Gasteiger charge is 2.12. The van der Waals surface area contributed by atoms with E-state index in [1.54, 1.807) is 24.3 Å². The predicted molar refractivity (Wildman–Crippen MR) is 102 cm³/mol. The van der Waals surface area contributed by atoms with Crippen LogP contribution in [0.4, 0.5) is 15.8 Å². The fraction of sp³-hybridized carbons (Fsp3) is 0.0556. The van der Waals surface area contributed by atoms with E-state index in [9.17, 15) is 17.6 Å². The molecule has 0 aliphatic carbocycles. The topological polar surface area (TPSA) is 89.3 Å². The van der Waals surface area contributed by atoms with Crippen LogP contribution in [0.25, 0.3) is 10.4 Å². The Morgan fingerprint density at radius 1 is 1.08 bits per heavy atom. The monoisotopic (exact) mass is 390 g/mol. The van der Waals surface area contributed by atoms with Crippen LogP contribution in [0.5, 0.6) is 0 Å². The lowest BCUT2D eigenvalue weighted by Gasteiger charge is -2.10. The van der Waals surface area contributed by atoms with Gasteiger partial charge < -0.3 is 11.1 Å². The Balaban J connectivity index is 1.85. The highest BCUT2D eigenvalue weighted by Crippen LogP contribution is 2.31. The van der Waals surface area contributed by atoms with Crippen molar-refractivity contribution in [1.29, 1.82) is 0 Å². The first kappa shape index (κ1) is 18.1. The van der Waals surface area contributed by atoms with Crippen LogP contribution < -0.4 is 11.1 Å². The number of sulfone groups is 1. The summed E-state index contributed by atoms with van der Waals surface area (Å²) < 4.78 is 36.2. The van der Waals surface area contributed by atoms with Gasteiger partial charge in [-0.2, -0.15) is 4.39 Å². The largest absolute Gasteiger partial charge is 0.397 e. The van der Waals surface area contributed by atoms with Crippen molar-refractivity contribution in [3.8, 4) is 10.4 Å². The first-order valence-corrected chi connectivity index (χ1v) is 10.2. The average molecular weight is 390 g/mol. The molecule has 0 aliphatic rings. The van der Waals surface area contributed by atoms with E-state index >= 15 is 0 Å². The third kappa shape index (κ3) is 3.92. The van der Waals surface area contributed by atoms with E-state index in [4.69, 9.17) is 5.73 Å². The van der Waals surface area contributed by atoms with Gasteiger partial charge >= 0.3 is 0 Å². The van der Waals surface area contributed by atoms with Crippen molar-refractivity contribution in [3.63, 3.8) is 0 Å². The smallest absolute Gasteiger partial charge is 0.255 e. The Hall–Kier alpha value is -2.71. The van der Waals surface area contributed by atoms with Crippen LogP contribution in [0.2, 0.25) is 0 Å². The van der Waals surface area contributed by atoms with E-state index < -0.39 is 15.7 Å². The number of nitrogen functional groups attached to an aromatic ring is 1. The van der Waals surface area contributed by atoms with Crippen molar-refractivity contribution < 1.29 is 17.6 Å². The number of carbonyl (C=O) groups excluding carboxylic acids is 1. The Morgan fingerprint density at radius 3 is 2.35 bits per heavy atom. The van der Waals surface area contributed by atoms with E-state index in [2.05, 4.69) is 5.32 Å². The zero-order chi connectivity index (χ0) is 18.9. The van der Waals surface area contributed by atoms with Crippen LogP contribution in [0.3, 0.4) is 0 Å². The molecule has 3 aromatic rings. The molecule has 0 saturated heterocycles. The predicted octanol–water partition coefficient (Wildman–Crippen LogP) is 3.79. The minimum absolute atomic E-state index is 0.135. The van der Waals surface area contributed by atoms with Crippen molar-refractivity contribution in [3.05, 3.63) is 65.3 Å². The lowest BCUT2D eigenvalue weighted by atomic mass is 10.1. The molecule has 134 valence electrons. The Morgan fingerprint density at radius 2 is 1.77 bits per heavy atom. The van der Waals surface area contributed by atoms with Crippen molar-refractivity contribution in [1.82, 2.24) is 0 Å². The minimum Gasteiger partial charge on any atom is -0.397 e. The Kier molecular flexibility index (Phi) is 4.80. The van der Waals surface area contributed by atoms with Crippen molar-refractivity contribution in [2.45, 2.75) is 4.90 Å². The van der Waals surface area contributed by atoms with Crippen LogP contribution in [0.15, 0.2) is 59.5 Å². The van der Waals surface area contributed by atoms with Crippen molar-refractivity contribution in [2.24, 2.45) is 0 Å². The Labute approximate surface area is 154 Å². The first-order valence-electron chi connectivity index (χ1n) is 7.51. The quantitative estimate of drug-likeness (QED) is 0.663. The van der Waals surface area contributed by atoms with Gasteiger partial charge in [-0.05, 0) is 54.1 Å². The van der Waals surface area contributed by atoms with Crippen molar-refractivity contribution in [2.75, 3.05) is 17.3 Å². The van der Waals surface area contributed by atoms with Crippen LogP contribution in [-0.4, -0.2) is 20.6 Å². The zero-order valence-electron chi connectivity index (χ0n) is 13.7. The maximum absolute atomic E-state index is 13.2. The van der Waals surface area contributed by atoms with Gasteiger partial charge in [-0.15, -0.1) is 11.3 Å². The molecule has 3 N–H and O–H groups in total. The number of thiophene rings is 1. The van der Waals surface area contributed by atoms with E-state index in [0.717, 1.165) is 28.0 Å². The second kappa shape index (κ2) is 6.89. The fourth-order valence-corrected chi connectivity index (χ4v) is 3.69. The SMILES string of the molecule is CS(=O)(=O)c1ccc(C(=O)Nc2cc(-c3ccc(F)s3)ccc2N)cc1. The molecule has 1 aromatic heterocycles. The summed E-state index contributed by atoms with van der Waals surface area (Å²) >= 11 is 0.997. The molecule has 0 atom stereocenters. The third-order valence-corrected chi connectivity index (χ3v) is 5.76. The summed E-state index contributed by atoms with van der Waals surface area (Å²) in [4.78, 5) is 13.3. The molecule has 0 aliphatic heterocycles. The summed E-state index contributed by atoms with van der Waals surface area (Å²) in [6.07, 6.45) is 1.10. The number of carbonyl (C=O) groups is 1. The molecule has 8 heteroatoms. The highest BCUT2D eigenvalue weighted by atomic mass is 32.2. The van der Waals surface area contributed by atoms with E-state index in [1.807, 2.05) is 0 Å². The van der Waals surface area contributed by atoms with Gasteiger partial charge in [-0.1, -0.05) is 6.07 Å². The average Bonchev–Trinajstić information content (AvgIpc) is 3.02. The van der Waals surface area contributed by atoms with Gasteiger partial charge in [0, 0.05) is 16.7 Å². The second-order valence-corrected chi connectivity index (χ2v) is 8.71.